The molecule has 0 aromatic heterocycles. The Hall–Kier alpha value is -1.56. The summed E-state index contributed by atoms with van der Waals surface area (Å²) in [5.41, 5.74) is 12.0. The minimum absolute atomic E-state index is 0. The quantitative estimate of drug-likeness (QED) is 0.410. The lowest BCUT2D eigenvalue weighted by Gasteiger charge is -2.26. The van der Waals surface area contributed by atoms with Crippen molar-refractivity contribution in [1.82, 2.24) is 0 Å². The average Bonchev–Trinajstić information content (AvgIpc) is 3.17. The maximum atomic E-state index is 4.19. The summed E-state index contributed by atoms with van der Waals surface area (Å²) in [5, 5.41) is 0. The Morgan fingerprint density at radius 3 is 2.12 bits per heavy atom. The van der Waals surface area contributed by atoms with E-state index in [0.29, 0.717) is 5.92 Å². The van der Waals surface area contributed by atoms with Crippen LogP contribution in [-0.4, -0.2) is 0 Å². The zero-order valence-electron chi connectivity index (χ0n) is 21.4. The zero-order chi connectivity index (χ0) is 22.8. The molecule has 32 heavy (non-hydrogen) atoms. The van der Waals surface area contributed by atoms with Gasteiger partial charge in [0.1, 0.15) is 0 Å². The molecule has 184 valence electrons. The third-order valence-corrected chi connectivity index (χ3v) is 6.76. The van der Waals surface area contributed by atoms with E-state index >= 15 is 0 Å². The Balaban J connectivity index is 0. The van der Waals surface area contributed by atoms with E-state index in [-0.39, 0.29) is 14.9 Å². The molecule has 1 unspecified atom stereocenters. The molecule has 0 bridgehead atoms. The van der Waals surface area contributed by atoms with Crippen LogP contribution < -0.4 is 0 Å². The summed E-state index contributed by atoms with van der Waals surface area (Å²) in [4.78, 5) is 0. The van der Waals surface area contributed by atoms with Crippen LogP contribution in [-0.2, 0) is 19.3 Å². The van der Waals surface area contributed by atoms with Gasteiger partial charge in [-0.05, 0) is 112 Å². The molecular formula is C32H56. The smallest absolute Gasteiger partial charge is 0.0256 e. The monoisotopic (exact) mass is 440 g/mol. The van der Waals surface area contributed by atoms with E-state index in [1.807, 2.05) is 6.92 Å². The largest absolute Gasteiger partial charge is 0.100 e. The summed E-state index contributed by atoms with van der Waals surface area (Å²) in [6.45, 7) is 25.6. The van der Waals surface area contributed by atoms with Gasteiger partial charge in [0.25, 0.3) is 0 Å². The highest BCUT2D eigenvalue weighted by molar-refractivity contribution is 5.41. The first-order valence-corrected chi connectivity index (χ1v) is 12.2. The van der Waals surface area contributed by atoms with Gasteiger partial charge < -0.3 is 0 Å². The van der Waals surface area contributed by atoms with Crippen LogP contribution in [0.4, 0.5) is 0 Å². The van der Waals surface area contributed by atoms with Crippen LogP contribution in [0, 0.1) is 18.8 Å². The van der Waals surface area contributed by atoms with Gasteiger partial charge in [-0.3, -0.25) is 0 Å². The van der Waals surface area contributed by atoms with Gasteiger partial charge in [-0.15, -0.1) is 6.58 Å². The fourth-order valence-electron chi connectivity index (χ4n) is 4.25. The SMILES string of the molecule is C.C.C=C(C)CC.C=C1CC(C)CC/C1=C(\C)C(C)C.CCc1cc(C)c2c(c1)CCC2. The molecule has 0 radical (unpaired) electrons. The highest BCUT2D eigenvalue weighted by Crippen LogP contribution is 2.35. The normalized spacial score (nSPS) is 18.2. The molecule has 2 aliphatic carbocycles. The third-order valence-electron chi connectivity index (χ3n) is 6.76. The Morgan fingerprint density at radius 2 is 1.66 bits per heavy atom. The number of hydrogen-bond acceptors (Lipinski definition) is 0. The molecule has 0 aliphatic heterocycles. The second-order valence-corrected chi connectivity index (χ2v) is 9.84. The van der Waals surface area contributed by atoms with Crippen LogP contribution in [0.2, 0.25) is 0 Å². The van der Waals surface area contributed by atoms with Gasteiger partial charge in [0.05, 0.1) is 0 Å². The van der Waals surface area contributed by atoms with Crippen molar-refractivity contribution in [2.75, 3.05) is 0 Å². The molecule has 0 amide bonds. The van der Waals surface area contributed by atoms with Gasteiger partial charge >= 0.3 is 0 Å². The second-order valence-electron chi connectivity index (χ2n) is 9.84. The van der Waals surface area contributed by atoms with E-state index in [1.165, 1.54) is 67.2 Å². The Kier molecular flexibility index (Phi) is 16.4. The lowest BCUT2D eigenvalue weighted by atomic mass is 9.80. The molecule has 1 aromatic carbocycles. The van der Waals surface area contributed by atoms with Gasteiger partial charge in [-0.2, -0.15) is 0 Å². The van der Waals surface area contributed by atoms with Crippen molar-refractivity contribution in [3.05, 3.63) is 69.8 Å². The van der Waals surface area contributed by atoms with E-state index in [0.717, 1.165) is 12.3 Å². The van der Waals surface area contributed by atoms with E-state index in [2.05, 4.69) is 73.8 Å². The average molecular weight is 441 g/mol. The van der Waals surface area contributed by atoms with Crippen molar-refractivity contribution in [1.29, 1.82) is 0 Å². The lowest BCUT2D eigenvalue weighted by molar-refractivity contribution is 0.493. The van der Waals surface area contributed by atoms with Gasteiger partial charge in [-0.1, -0.05) is 84.9 Å². The summed E-state index contributed by atoms with van der Waals surface area (Å²) < 4.78 is 0. The summed E-state index contributed by atoms with van der Waals surface area (Å²) in [6, 6.07) is 4.75. The van der Waals surface area contributed by atoms with Crippen molar-refractivity contribution in [3.8, 4) is 0 Å². The molecule has 0 heteroatoms. The fraction of sp³-hybridized carbons (Fsp3) is 0.625. The first-order chi connectivity index (χ1) is 14.1. The molecule has 0 heterocycles. The minimum atomic E-state index is 0. The first-order valence-electron chi connectivity index (χ1n) is 12.2. The molecule has 0 spiro atoms. The molecule has 1 saturated carbocycles. The molecule has 3 rings (SSSR count). The molecular weight excluding hydrogens is 384 g/mol. The third kappa shape index (κ3) is 10.4. The van der Waals surface area contributed by atoms with Crippen molar-refractivity contribution >= 4 is 0 Å². The fourth-order valence-corrected chi connectivity index (χ4v) is 4.25. The maximum absolute atomic E-state index is 4.19. The van der Waals surface area contributed by atoms with Crippen LogP contribution in [0.3, 0.4) is 0 Å². The Bertz CT molecular complexity index is 742. The van der Waals surface area contributed by atoms with E-state index in [1.54, 1.807) is 22.3 Å². The first kappa shape index (κ1) is 32.6. The van der Waals surface area contributed by atoms with Crippen LogP contribution >= 0.6 is 0 Å². The van der Waals surface area contributed by atoms with Crippen molar-refractivity contribution in [2.24, 2.45) is 11.8 Å². The molecule has 1 fully saturated rings. The van der Waals surface area contributed by atoms with E-state index in [9.17, 15) is 0 Å². The predicted octanol–water partition coefficient (Wildman–Crippen LogP) is 10.6. The van der Waals surface area contributed by atoms with Crippen LogP contribution in [0.1, 0.15) is 118 Å². The highest BCUT2D eigenvalue weighted by Gasteiger charge is 2.18. The van der Waals surface area contributed by atoms with E-state index in [4.69, 9.17) is 0 Å². The number of allylic oxidation sites excluding steroid dienone is 4. The van der Waals surface area contributed by atoms with Gasteiger partial charge in [-0.25, -0.2) is 0 Å². The summed E-state index contributed by atoms with van der Waals surface area (Å²) in [6.07, 6.45) is 10.1. The van der Waals surface area contributed by atoms with Crippen LogP contribution in [0.15, 0.2) is 47.6 Å². The molecule has 1 aromatic rings. The zero-order valence-corrected chi connectivity index (χ0v) is 21.4. The molecule has 1 atom stereocenters. The minimum Gasteiger partial charge on any atom is -0.100 e. The van der Waals surface area contributed by atoms with Crippen molar-refractivity contribution in [2.45, 2.75) is 122 Å². The van der Waals surface area contributed by atoms with Gasteiger partial charge in [0.2, 0.25) is 0 Å². The maximum Gasteiger partial charge on any atom is -0.0256 e. The summed E-state index contributed by atoms with van der Waals surface area (Å²) in [5.74, 6) is 1.52. The number of benzene rings is 1. The van der Waals surface area contributed by atoms with Gasteiger partial charge in [0, 0.05) is 0 Å². The molecule has 0 N–H and O–H groups in total. The van der Waals surface area contributed by atoms with Crippen molar-refractivity contribution in [3.63, 3.8) is 0 Å². The van der Waals surface area contributed by atoms with Gasteiger partial charge in [0.15, 0.2) is 0 Å². The van der Waals surface area contributed by atoms with Crippen LogP contribution in [0.25, 0.3) is 0 Å². The van der Waals surface area contributed by atoms with E-state index < -0.39 is 0 Å². The molecule has 2 aliphatic rings. The number of hydrogen-bond donors (Lipinski definition) is 0. The molecule has 0 saturated heterocycles. The topological polar surface area (TPSA) is 0 Å². The Labute approximate surface area is 203 Å². The lowest BCUT2D eigenvalue weighted by Crippen LogP contribution is -2.09. The predicted molar refractivity (Wildman–Crippen MR) is 151 cm³/mol. The Morgan fingerprint density at radius 1 is 1.06 bits per heavy atom. The summed E-state index contributed by atoms with van der Waals surface area (Å²) in [7, 11) is 0. The number of fused-ring (bicyclic) bond motifs is 1. The molecule has 0 nitrogen and oxygen atoms in total. The number of aryl methyl sites for hydroxylation is 3. The second kappa shape index (κ2) is 16.1. The van der Waals surface area contributed by atoms with Crippen molar-refractivity contribution < 1.29 is 0 Å². The van der Waals surface area contributed by atoms with Crippen LogP contribution in [0.5, 0.6) is 0 Å². The highest BCUT2D eigenvalue weighted by atomic mass is 14.2. The summed E-state index contributed by atoms with van der Waals surface area (Å²) >= 11 is 0. The number of rotatable bonds is 3. The standard InChI is InChI=1S/C13H22.C12H16.C5H10.2CH4/c1-9(2)12(5)13-7-6-10(3)8-11(13)4;1-3-10-7-9(2)12-6-4-5-11(12)8-10;1-4-5(2)3;;/h9-10H,4,6-8H2,1-3,5H3;7-8H,3-6H2,1-2H3;2,4H2,1,3H3;2*1H4/b13-12-;;;;.